The van der Waals surface area contributed by atoms with Crippen LogP contribution in [0.5, 0.6) is 5.75 Å². The van der Waals surface area contributed by atoms with Crippen LogP contribution in [0.1, 0.15) is 37.2 Å². The summed E-state index contributed by atoms with van der Waals surface area (Å²) in [6, 6.07) is 5.52. The van der Waals surface area contributed by atoms with E-state index in [2.05, 4.69) is 10.4 Å². The fraction of sp³-hybridized carbons (Fsp3) is 0.375. The number of nitrogens with zero attached hydrogens (tertiary/aromatic N) is 2. The van der Waals surface area contributed by atoms with Gasteiger partial charge in [-0.05, 0) is 44.0 Å². The number of aromatic hydroxyl groups is 1. The van der Waals surface area contributed by atoms with Gasteiger partial charge in [0.2, 0.25) is 0 Å². The molecular formula is C16H20FN3O3. The van der Waals surface area contributed by atoms with Crippen molar-refractivity contribution in [3.8, 4) is 11.4 Å². The zero-order valence-corrected chi connectivity index (χ0v) is 13.1. The SMILES string of the molecule is CCC(C)(CCO)NC(=O)c1nn(-c2ccc(F)cc2)cc1O. The van der Waals surface area contributed by atoms with Crippen molar-refractivity contribution in [1.29, 1.82) is 0 Å². The number of carbonyl (C=O) groups is 1. The maximum atomic E-state index is 12.9. The summed E-state index contributed by atoms with van der Waals surface area (Å²) < 4.78 is 14.3. The van der Waals surface area contributed by atoms with Gasteiger partial charge in [0.25, 0.3) is 5.91 Å². The van der Waals surface area contributed by atoms with Crippen molar-refractivity contribution >= 4 is 5.91 Å². The summed E-state index contributed by atoms with van der Waals surface area (Å²) in [4.78, 5) is 12.3. The van der Waals surface area contributed by atoms with E-state index in [1.54, 1.807) is 0 Å². The van der Waals surface area contributed by atoms with Crippen LogP contribution in [-0.4, -0.2) is 38.0 Å². The van der Waals surface area contributed by atoms with Gasteiger partial charge in [-0.1, -0.05) is 6.92 Å². The first-order valence-electron chi connectivity index (χ1n) is 7.36. The van der Waals surface area contributed by atoms with Crippen molar-refractivity contribution in [3.05, 3.63) is 42.0 Å². The molecule has 1 amide bonds. The van der Waals surface area contributed by atoms with Gasteiger partial charge in [-0.15, -0.1) is 0 Å². The largest absolute Gasteiger partial charge is 0.504 e. The van der Waals surface area contributed by atoms with Crippen LogP contribution in [0, 0.1) is 5.82 Å². The Hall–Kier alpha value is -2.41. The minimum Gasteiger partial charge on any atom is -0.504 e. The van der Waals surface area contributed by atoms with Crippen LogP contribution in [0.15, 0.2) is 30.5 Å². The normalized spacial score (nSPS) is 13.6. The van der Waals surface area contributed by atoms with E-state index in [-0.39, 0.29) is 23.9 Å². The molecule has 1 unspecified atom stereocenters. The molecule has 1 atom stereocenters. The fourth-order valence-electron chi connectivity index (χ4n) is 2.16. The van der Waals surface area contributed by atoms with E-state index in [1.165, 1.54) is 35.1 Å². The quantitative estimate of drug-likeness (QED) is 0.759. The lowest BCUT2D eigenvalue weighted by Crippen LogP contribution is -2.46. The smallest absolute Gasteiger partial charge is 0.276 e. The number of hydrogen-bond donors (Lipinski definition) is 3. The van der Waals surface area contributed by atoms with E-state index < -0.39 is 11.4 Å². The Bertz CT molecular complexity index is 684. The molecule has 1 aromatic carbocycles. The summed E-state index contributed by atoms with van der Waals surface area (Å²) in [7, 11) is 0. The Morgan fingerprint density at radius 2 is 2.04 bits per heavy atom. The zero-order valence-electron chi connectivity index (χ0n) is 13.1. The molecule has 0 aliphatic heterocycles. The molecule has 124 valence electrons. The maximum Gasteiger partial charge on any atom is 0.276 e. The second-order valence-corrected chi connectivity index (χ2v) is 5.63. The highest BCUT2D eigenvalue weighted by molar-refractivity contribution is 5.95. The summed E-state index contributed by atoms with van der Waals surface area (Å²) in [6.07, 6.45) is 2.31. The van der Waals surface area contributed by atoms with E-state index in [0.29, 0.717) is 18.5 Å². The lowest BCUT2D eigenvalue weighted by Gasteiger charge is -2.28. The fourth-order valence-corrected chi connectivity index (χ4v) is 2.16. The standard InChI is InChI=1S/C16H20FN3O3/c1-3-16(2,8-9-21)18-15(23)14-13(22)10-20(19-14)12-6-4-11(17)5-7-12/h4-7,10,21-22H,3,8-9H2,1-2H3,(H,18,23). The summed E-state index contributed by atoms with van der Waals surface area (Å²) in [5, 5.41) is 25.9. The average Bonchev–Trinajstić information content (AvgIpc) is 2.90. The van der Waals surface area contributed by atoms with Crippen molar-refractivity contribution in [2.45, 2.75) is 32.2 Å². The van der Waals surface area contributed by atoms with Gasteiger partial charge >= 0.3 is 0 Å². The van der Waals surface area contributed by atoms with E-state index >= 15 is 0 Å². The van der Waals surface area contributed by atoms with Crippen LogP contribution in [0.4, 0.5) is 4.39 Å². The van der Waals surface area contributed by atoms with Gasteiger partial charge in [0.1, 0.15) is 5.82 Å². The first-order chi connectivity index (χ1) is 10.9. The molecule has 0 aliphatic rings. The van der Waals surface area contributed by atoms with Crippen LogP contribution in [0.2, 0.25) is 0 Å². The monoisotopic (exact) mass is 321 g/mol. The lowest BCUT2D eigenvalue weighted by molar-refractivity contribution is 0.0878. The average molecular weight is 321 g/mol. The van der Waals surface area contributed by atoms with Gasteiger partial charge in [0, 0.05) is 12.1 Å². The highest BCUT2D eigenvalue weighted by Gasteiger charge is 2.27. The molecular weight excluding hydrogens is 301 g/mol. The first-order valence-corrected chi connectivity index (χ1v) is 7.36. The van der Waals surface area contributed by atoms with Crippen molar-refractivity contribution < 1.29 is 19.4 Å². The number of aromatic nitrogens is 2. The second kappa shape index (κ2) is 6.78. The molecule has 3 N–H and O–H groups in total. The van der Waals surface area contributed by atoms with Crippen LogP contribution in [0.3, 0.4) is 0 Å². The number of hydrogen-bond acceptors (Lipinski definition) is 4. The molecule has 2 rings (SSSR count). The first kappa shape index (κ1) is 17.0. The minimum atomic E-state index is -0.585. The molecule has 6 nitrogen and oxygen atoms in total. The third kappa shape index (κ3) is 3.87. The predicted molar refractivity (Wildman–Crippen MR) is 83.1 cm³/mol. The zero-order chi connectivity index (χ0) is 17.0. The number of nitrogens with one attached hydrogen (secondary N) is 1. The number of benzene rings is 1. The Balaban J connectivity index is 2.23. The van der Waals surface area contributed by atoms with Gasteiger partial charge in [-0.3, -0.25) is 4.79 Å². The van der Waals surface area contributed by atoms with E-state index in [1.807, 2.05) is 13.8 Å². The number of rotatable bonds is 6. The van der Waals surface area contributed by atoms with Crippen molar-refractivity contribution in [3.63, 3.8) is 0 Å². The molecule has 23 heavy (non-hydrogen) atoms. The van der Waals surface area contributed by atoms with Gasteiger partial charge in [-0.2, -0.15) is 5.10 Å². The Morgan fingerprint density at radius 3 is 2.61 bits per heavy atom. The van der Waals surface area contributed by atoms with Crippen molar-refractivity contribution in [2.24, 2.45) is 0 Å². The lowest BCUT2D eigenvalue weighted by atomic mass is 9.95. The van der Waals surface area contributed by atoms with Gasteiger partial charge < -0.3 is 15.5 Å². The number of carbonyl (C=O) groups excluding carboxylic acids is 1. The number of aliphatic hydroxyl groups is 1. The molecule has 0 bridgehead atoms. The maximum absolute atomic E-state index is 12.9. The minimum absolute atomic E-state index is 0.0549. The van der Waals surface area contributed by atoms with Gasteiger partial charge in [0.05, 0.1) is 11.9 Å². The third-order valence-electron chi connectivity index (χ3n) is 3.86. The molecule has 2 aromatic rings. The molecule has 0 saturated carbocycles. The Morgan fingerprint density at radius 1 is 1.39 bits per heavy atom. The Labute approximate surface area is 133 Å². The molecule has 7 heteroatoms. The van der Waals surface area contributed by atoms with E-state index in [9.17, 15) is 14.3 Å². The van der Waals surface area contributed by atoms with Crippen molar-refractivity contribution in [1.82, 2.24) is 15.1 Å². The summed E-state index contributed by atoms with van der Waals surface area (Å²) in [6.45, 7) is 3.66. The molecule has 0 spiro atoms. The predicted octanol–water partition coefficient (Wildman–Crippen LogP) is 2.00. The van der Waals surface area contributed by atoms with E-state index in [4.69, 9.17) is 5.11 Å². The third-order valence-corrected chi connectivity index (χ3v) is 3.86. The molecule has 0 aliphatic carbocycles. The molecule has 0 radical (unpaired) electrons. The summed E-state index contributed by atoms with van der Waals surface area (Å²) in [5.74, 6) is -1.18. The van der Waals surface area contributed by atoms with Crippen LogP contribution in [0.25, 0.3) is 5.69 Å². The molecule has 0 fully saturated rings. The number of aliphatic hydroxyl groups excluding tert-OH is 1. The highest BCUT2D eigenvalue weighted by atomic mass is 19.1. The van der Waals surface area contributed by atoms with Crippen molar-refractivity contribution in [2.75, 3.05) is 6.61 Å². The van der Waals surface area contributed by atoms with E-state index in [0.717, 1.165) is 0 Å². The van der Waals surface area contributed by atoms with Crippen LogP contribution < -0.4 is 5.32 Å². The molecule has 1 aromatic heterocycles. The van der Waals surface area contributed by atoms with Crippen LogP contribution in [-0.2, 0) is 0 Å². The second-order valence-electron chi connectivity index (χ2n) is 5.63. The van der Waals surface area contributed by atoms with Crippen LogP contribution >= 0.6 is 0 Å². The summed E-state index contributed by atoms with van der Waals surface area (Å²) in [5.41, 5.74) is -0.181. The molecule has 1 heterocycles. The number of halogens is 1. The Kier molecular flexibility index (Phi) is 5.00. The van der Waals surface area contributed by atoms with Gasteiger partial charge in [0.15, 0.2) is 11.4 Å². The number of amides is 1. The highest BCUT2D eigenvalue weighted by Crippen LogP contribution is 2.21. The van der Waals surface area contributed by atoms with Gasteiger partial charge in [-0.25, -0.2) is 9.07 Å². The molecule has 0 saturated heterocycles. The topological polar surface area (TPSA) is 87.4 Å². The summed E-state index contributed by atoms with van der Waals surface area (Å²) >= 11 is 0.